The minimum atomic E-state index is 0.0637. The molecule has 1 amide bonds. The summed E-state index contributed by atoms with van der Waals surface area (Å²) in [5.74, 6) is 2.91. The molecule has 3 heterocycles. The standard InChI is InChI=1S/C25H25ClN2O4/c26-19-7-4-17(5-8-19)23-16-27-24(32-23)10-11-25(29)28-12-1-3-20(28)18-6-9-21-22(15-18)31-14-2-13-30-21/h4-9,15-16,20H,1-3,10-14H2/t20-/m1/s1. The van der Waals surface area contributed by atoms with Crippen LogP contribution in [0.3, 0.4) is 0 Å². The van der Waals surface area contributed by atoms with Crippen molar-refractivity contribution >= 4 is 17.5 Å². The Morgan fingerprint density at radius 2 is 1.88 bits per heavy atom. The van der Waals surface area contributed by atoms with Crippen molar-refractivity contribution in [2.75, 3.05) is 19.8 Å². The molecular weight excluding hydrogens is 428 g/mol. The van der Waals surface area contributed by atoms with Crippen molar-refractivity contribution < 1.29 is 18.7 Å². The first-order valence-electron chi connectivity index (χ1n) is 11.1. The first-order valence-corrected chi connectivity index (χ1v) is 11.4. The predicted molar refractivity (Wildman–Crippen MR) is 121 cm³/mol. The Balaban J connectivity index is 1.24. The van der Waals surface area contributed by atoms with E-state index in [1.807, 2.05) is 41.3 Å². The predicted octanol–water partition coefficient (Wildman–Crippen LogP) is 5.45. The zero-order valence-electron chi connectivity index (χ0n) is 17.8. The Labute approximate surface area is 192 Å². The minimum absolute atomic E-state index is 0.0637. The molecule has 0 N–H and O–H groups in total. The molecule has 1 atom stereocenters. The van der Waals surface area contributed by atoms with Crippen LogP contribution in [-0.2, 0) is 11.2 Å². The Morgan fingerprint density at radius 1 is 1.06 bits per heavy atom. The van der Waals surface area contributed by atoms with E-state index >= 15 is 0 Å². The highest BCUT2D eigenvalue weighted by Crippen LogP contribution is 2.38. The van der Waals surface area contributed by atoms with Gasteiger partial charge in [-0.15, -0.1) is 0 Å². The van der Waals surface area contributed by atoms with Crippen LogP contribution in [0.4, 0.5) is 0 Å². The molecule has 0 bridgehead atoms. The fourth-order valence-corrected chi connectivity index (χ4v) is 4.46. The summed E-state index contributed by atoms with van der Waals surface area (Å²) in [7, 11) is 0. The molecule has 3 aromatic rings. The first-order chi connectivity index (χ1) is 15.7. The monoisotopic (exact) mass is 452 g/mol. The van der Waals surface area contributed by atoms with Crippen molar-refractivity contribution in [1.82, 2.24) is 9.88 Å². The lowest BCUT2D eigenvalue weighted by molar-refractivity contribution is -0.132. The van der Waals surface area contributed by atoms with E-state index in [0.29, 0.717) is 42.7 Å². The van der Waals surface area contributed by atoms with Crippen molar-refractivity contribution in [2.24, 2.45) is 0 Å². The van der Waals surface area contributed by atoms with E-state index in [2.05, 4.69) is 11.1 Å². The van der Waals surface area contributed by atoms with E-state index in [-0.39, 0.29) is 11.9 Å². The molecule has 0 unspecified atom stereocenters. The topological polar surface area (TPSA) is 64.8 Å². The molecule has 0 spiro atoms. The Morgan fingerprint density at radius 3 is 2.72 bits per heavy atom. The summed E-state index contributed by atoms with van der Waals surface area (Å²) in [5, 5.41) is 0.674. The number of oxazole rings is 1. The molecule has 7 heteroatoms. The summed E-state index contributed by atoms with van der Waals surface area (Å²) in [6, 6.07) is 13.5. The van der Waals surface area contributed by atoms with Gasteiger partial charge >= 0.3 is 0 Å². The molecule has 2 aliphatic rings. The number of ether oxygens (including phenoxy) is 2. The highest BCUT2D eigenvalue weighted by atomic mass is 35.5. The largest absolute Gasteiger partial charge is 0.490 e. The summed E-state index contributed by atoms with van der Waals surface area (Å²) < 4.78 is 17.4. The summed E-state index contributed by atoms with van der Waals surface area (Å²) in [6.45, 7) is 2.08. The molecule has 166 valence electrons. The number of nitrogens with zero attached hydrogens (tertiary/aromatic N) is 2. The fourth-order valence-electron chi connectivity index (χ4n) is 4.33. The number of aryl methyl sites for hydroxylation is 1. The Hall–Kier alpha value is -2.99. The van der Waals surface area contributed by atoms with E-state index in [1.54, 1.807) is 6.20 Å². The smallest absolute Gasteiger partial charge is 0.223 e. The van der Waals surface area contributed by atoms with Gasteiger partial charge in [-0.2, -0.15) is 0 Å². The maximum atomic E-state index is 13.0. The van der Waals surface area contributed by atoms with E-state index in [9.17, 15) is 4.79 Å². The average Bonchev–Trinajstić information content (AvgIpc) is 3.43. The number of carbonyl (C=O) groups is 1. The van der Waals surface area contributed by atoms with Gasteiger partial charge in [0.15, 0.2) is 23.1 Å². The molecule has 32 heavy (non-hydrogen) atoms. The Bertz CT molecular complexity index is 1100. The van der Waals surface area contributed by atoms with Gasteiger partial charge in [-0.05, 0) is 54.8 Å². The summed E-state index contributed by atoms with van der Waals surface area (Å²) >= 11 is 5.95. The Kier molecular flexibility index (Phi) is 6.04. The van der Waals surface area contributed by atoms with Crippen LogP contribution in [0.1, 0.15) is 43.2 Å². The number of hydrogen-bond donors (Lipinski definition) is 0. The number of carbonyl (C=O) groups excluding carboxylic acids is 1. The van der Waals surface area contributed by atoms with Crippen LogP contribution in [-0.4, -0.2) is 35.5 Å². The van der Waals surface area contributed by atoms with Gasteiger partial charge in [-0.3, -0.25) is 4.79 Å². The van der Waals surface area contributed by atoms with E-state index in [0.717, 1.165) is 48.4 Å². The van der Waals surface area contributed by atoms with Crippen LogP contribution in [0.5, 0.6) is 11.5 Å². The van der Waals surface area contributed by atoms with Gasteiger partial charge < -0.3 is 18.8 Å². The molecular formula is C25H25ClN2O4. The SMILES string of the molecule is O=C(CCc1ncc(-c2ccc(Cl)cc2)o1)N1CCC[C@@H]1c1ccc2c(c1)OCCCO2. The highest BCUT2D eigenvalue weighted by molar-refractivity contribution is 6.30. The quantitative estimate of drug-likeness (QED) is 0.514. The number of benzene rings is 2. The second-order valence-corrected chi connectivity index (χ2v) is 8.56. The van der Waals surface area contributed by atoms with Gasteiger partial charge in [0.25, 0.3) is 0 Å². The lowest BCUT2D eigenvalue weighted by atomic mass is 10.0. The normalized spacial score (nSPS) is 17.9. The van der Waals surface area contributed by atoms with E-state index in [4.69, 9.17) is 25.5 Å². The third-order valence-electron chi connectivity index (χ3n) is 5.96. The minimum Gasteiger partial charge on any atom is -0.490 e. The van der Waals surface area contributed by atoms with E-state index < -0.39 is 0 Å². The number of amides is 1. The molecule has 0 aliphatic carbocycles. The molecule has 6 nitrogen and oxygen atoms in total. The molecule has 0 saturated carbocycles. The number of rotatable bonds is 5. The van der Waals surface area contributed by atoms with Gasteiger partial charge in [0.2, 0.25) is 5.91 Å². The lowest BCUT2D eigenvalue weighted by Crippen LogP contribution is -2.30. The van der Waals surface area contributed by atoms with E-state index in [1.165, 1.54) is 0 Å². The third kappa shape index (κ3) is 4.46. The van der Waals surface area contributed by atoms with Crippen LogP contribution < -0.4 is 9.47 Å². The van der Waals surface area contributed by atoms with Crippen LogP contribution in [0.25, 0.3) is 11.3 Å². The summed E-state index contributed by atoms with van der Waals surface area (Å²) in [4.78, 5) is 19.4. The number of hydrogen-bond acceptors (Lipinski definition) is 5. The number of likely N-dealkylation sites (tertiary alicyclic amines) is 1. The van der Waals surface area contributed by atoms with Gasteiger partial charge in [-0.25, -0.2) is 4.98 Å². The van der Waals surface area contributed by atoms with Crippen molar-refractivity contribution in [3.63, 3.8) is 0 Å². The lowest BCUT2D eigenvalue weighted by Gasteiger charge is -2.25. The second kappa shape index (κ2) is 9.25. The fraction of sp³-hybridized carbons (Fsp3) is 0.360. The van der Waals surface area contributed by atoms with Crippen LogP contribution >= 0.6 is 11.6 Å². The number of halogens is 1. The number of aromatic nitrogens is 1. The second-order valence-electron chi connectivity index (χ2n) is 8.13. The van der Waals surface area contributed by atoms with Gasteiger partial charge in [0, 0.05) is 36.4 Å². The van der Waals surface area contributed by atoms with Crippen molar-refractivity contribution in [1.29, 1.82) is 0 Å². The highest BCUT2D eigenvalue weighted by Gasteiger charge is 2.30. The average molecular weight is 453 g/mol. The van der Waals surface area contributed by atoms with Gasteiger partial charge in [0.1, 0.15) is 0 Å². The zero-order chi connectivity index (χ0) is 21.9. The molecule has 1 fully saturated rings. The zero-order valence-corrected chi connectivity index (χ0v) is 18.5. The maximum Gasteiger partial charge on any atom is 0.223 e. The molecule has 2 aromatic carbocycles. The molecule has 1 saturated heterocycles. The summed E-state index contributed by atoms with van der Waals surface area (Å²) in [6.07, 6.45) is 5.34. The van der Waals surface area contributed by atoms with Crippen molar-refractivity contribution in [2.45, 2.75) is 38.1 Å². The molecule has 5 rings (SSSR count). The molecule has 0 radical (unpaired) electrons. The first kappa shape index (κ1) is 20.9. The summed E-state index contributed by atoms with van der Waals surface area (Å²) in [5.41, 5.74) is 2.01. The number of fused-ring (bicyclic) bond motifs is 1. The van der Waals surface area contributed by atoms with Gasteiger partial charge in [0.05, 0.1) is 25.5 Å². The van der Waals surface area contributed by atoms with Crippen LogP contribution in [0, 0.1) is 0 Å². The van der Waals surface area contributed by atoms with Crippen LogP contribution in [0.15, 0.2) is 53.1 Å². The molecule has 2 aliphatic heterocycles. The maximum absolute atomic E-state index is 13.0. The van der Waals surface area contributed by atoms with Crippen molar-refractivity contribution in [3.05, 3.63) is 65.1 Å². The van der Waals surface area contributed by atoms with Crippen molar-refractivity contribution in [3.8, 4) is 22.8 Å². The van der Waals surface area contributed by atoms with Crippen LogP contribution in [0.2, 0.25) is 5.02 Å². The van der Waals surface area contributed by atoms with Gasteiger partial charge in [-0.1, -0.05) is 17.7 Å². The molecule has 1 aromatic heterocycles. The third-order valence-corrected chi connectivity index (χ3v) is 6.22.